The molecule has 200 valence electrons. The lowest BCUT2D eigenvalue weighted by molar-refractivity contribution is -0.138. The molecule has 3 rings (SSSR count). The Bertz CT molecular complexity index is 1020. The zero-order valence-corrected chi connectivity index (χ0v) is 21.9. The quantitative estimate of drug-likeness (QED) is 0.462. The maximum Gasteiger partial charge on any atom is 0.416 e. The van der Waals surface area contributed by atoms with Crippen LogP contribution in [0.4, 0.5) is 23.7 Å². The molecule has 0 aliphatic carbocycles. The predicted octanol–water partition coefficient (Wildman–Crippen LogP) is 5.99. The van der Waals surface area contributed by atoms with Crippen molar-refractivity contribution in [2.75, 3.05) is 25.0 Å². The molecule has 1 aliphatic heterocycles. The smallest absolute Gasteiger partial charge is 0.394 e. The average molecular weight is 510 g/mol. The number of aliphatic hydroxyl groups excluding tert-OH is 2. The topological polar surface area (TPSA) is 85.7 Å². The number of amides is 2. The molecule has 0 spiro atoms. The lowest BCUT2D eigenvalue weighted by Crippen LogP contribution is -2.38. The van der Waals surface area contributed by atoms with Gasteiger partial charge in [0.1, 0.15) is 0 Å². The normalized spacial score (nSPS) is 14.0. The van der Waals surface area contributed by atoms with Crippen molar-refractivity contribution in [1.29, 1.82) is 0 Å². The van der Waals surface area contributed by atoms with Gasteiger partial charge < -0.3 is 20.4 Å². The Hall–Kier alpha value is -2.91. The molecule has 1 aromatic carbocycles. The zero-order chi connectivity index (χ0) is 27.5. The van der Waals surface area contributed by atoms with Crippen molar-refractivity contribution in [3.05, 3.63) is 64.5 Å². The standard InChI is InChI=1S/C23H26F3N3O3.2C2H6/c1-14-10-18(3-4-20(14)23(24,25)26)28-22(32)29-7-5-17(6-8-29)21-15(2)9-16(12-27-21)11-19(31)13-30;2*1-2/h3-5,9-10,12,19,30-31H,6-8,11,13H2,1-2H3,(H,28,32);2*1-2H3/t19-;;/m1../s1. The van der Waals surface area contributed by atoms with Gasteiger partial charge >= 0.3 is 12.2 Å². The Balaban J connectivity index is 0.00000154. The van der Waals surface area contributed by atoms with Crippen LogP contribution in [0.2, 0.25) is 0 Å². The highest BCUT2D eigenvalue weighted by Crippen LogP contribution is 2.33. The monoisotopic (exact) mass is 509 g/mol. The number of hydrogen-bond acceptors (Lipinski definition) is 4. The minimum atomic E-state index is -4.43. The number of halogens is 3. The fourth-order valence-electron chi connectivity index (χ4n) is 3.75. The summed E-state index contributed by atoms with van der Waals surface area (Å²) in [4.78, 5) is 18.6. The molecule has 9 heteroatoms. The number of benzene rings is 1. The fraction of sp³-hybridized carbons (Fsp3) is 0.481. The van der Waals surface area contributed by atoms with E-state index in [0.29, 0.717) is 31.6 Å². The Morgan fingerprint density at radius 2 is 1.81 bits per heavy atom. The van der Waals surface area contributed by atoms with Crippen molar-refractivity contribution in [3.8, 4) is 0 Å². The first-order valence-corrected chi connectivity index (χ1v) is 12.3. The highest BCUT2D eigenvalue weighted by Gasteiger charge is 2.32. The summed E-state index contributed by atoms with van der Waals surface area (Å²) in [7, 11) is 0. The summed E-state index contributed by atoms with van der Waals surface area (Å²) in [6.45, 7) is 11.8. The van der Waals surface area contributed by atoms with Crippen LogP contribution in [0.5, 0.6) is 0 Å². The van der Waals surface area contributed by atoms with Crippen LogP contribution in [-0.2, 0) is 12.6 Å². The molecule has 0 fully saturated rings. The number of aliphatic hydroxyl groups is 2. The first kappa shape index (κ1) is 31.1. The highest BCUT2D eigenvalue weighted by atomic mass is 19.4. The average Bonchev–Trinajstić information content (AvgIpc) is 2.86. The Kier molecular flexibility index (Phi) is 12.6. The number of urea groups is 1. The summed E-state index contributed by atoms with van der Waals surface area (Å²) >= 11 is 0. The van der Waals surface area contributed by atoms with Crippen LogP contribution in [0, 0.1) is 13.8 Å². The van der Waals surface area contributed by atoms with Crippen LogP contribution in [0.3, 0.4) is 0 Å². The summed E-state index contributed by atoms with van der Waals surface area (Å²) in [6, 6.07) is 5.08. The molecule has 2 heterocycles. The number of nitrogens with zero attached hydrogens (tertiary/aromatic N) is 2. The van der Waals surface area contributed by atoms with Crippen LogP contribution in [-0.4, -0.2) is 51.9 Å². The number of anilines is 1. The van der Waals surface area contributed by atoms with Crippen molar-refractivity contribution in [3.63, 3.8) is 0 Å². The second kappa shape index (κ2) is 14.6. The van der Waals surface area contributed by atoms with Crippen molar-refractivity contribution in [2.24, 2.45) is 0 Å². The van der Waals surface area contributed by atoms with E-state index < -0.39 is 17.8 Å². The van der Waals surface area contributed by atoms with Gasteiger partial charge in [-0.05, 0) is 60.7 Å². The van der Waals surface area contributed by atoms with Crippen LogP contribution in [0.25, 0.3) is 5.57 Å². The molecule has 0 unspecified atom stereocenters. The SMILES string of the molecule is CC.CC.Cc1cc(NC(=O)N2CC=C(c3ncc(C[C@@H](O)CO)cc3C)CC2)ccc1C(F)(F)F. The van der Waals surface area contributed by atoms with Gasteiger partial charge in [0.05, 0.1) is 24.0 Å². The summed E-state index contributed by atoms with van der Waals surface area (Å²) < 4.78 is 38.7. The Morgan fingerprint density at radius 1 is 1.14 bits per heavy atom. The van der Waals surface area contributed by atoms with Crippen molar-refractivity contribution < 1.29 is 28.2 Å². The van der Waals surface area contributed by atoms with E-state index >= 15 is 0 Å². The molecule has 0 saturated carbocycles. The van der Waals surface area contributed by atoms with Crippen molar-refractivity contribution in [2.45, 2.75) is 66.7 Å². The summed E-state index contributed by atoms with van der Waals surface area (Å²) in [5, 5.41) is 21.2. The molecule has 1 aliphatic rings. The van der Waals surface area contributed by atoms with Crippen molar-refractivity contribution in [1.82, 2.24) is 9.88 Å². The minimum Gasteiger partial charge on any atom is -0.394 e. The number of alkyl halides is 3. The highest BCUT2D eigenvalue weighted by molar-refractivity contribution is 5.90. The maximum absolute atomic E-state index is 12.9. The second-order valence-electron chi connectivity index (χ2n) is 7.93. The molecule has 3 N–H and O–H groups in total. The third-order valence-corrected chi connectivity index (χ3v) is 5.40. The molecule has 0 bridgehead atoms. The molecule has 1 atom stereocenters. The number of rotatable bonds is 5. The molecule has 2 aromatic rings. The van der Waals surface area contributed by atoms with Crippen LogP contribution < -0.4 is 5.32 Å². The van der Waals surface area contributed by atoms with Gasteiger partial charge in [-0.1, -0.05) is 39.8 Å². The summed E-state index contributed by atoms with van der Waals surface area (Å²) in [5.74, 6) is 0. The predicted molar refractivity (Wildman–Crippen MR) is 138 cm³/mol. The van der Waals surface area contributed by atoms with Gasteiger partial charge in [0.25, 0.3) is 0 Å². The van der Waals surface area contributed by atoms with Gasteiger partial charge in [-0.15, -0.1) is 0 Å². The molecule has 0 radical (unpaired) electrons. The maximum atomic E-state index is 12.9. The van der Waals surface area contributed by atoms with E-state index in [1.54, 1.807) is 11.1 Å². The van der Waals surface area contributed by atoms with Gasteiger partial charge in [-0.3, -0.25) is 4.98 Å². The third-order valence-electron chi connectivity index (χ3n) is 5.40. The van der Waals surface area contributed by atoms with E-state index in [1.165, 1.54) is 19.1 Å². The van der Waals surface area contributed by atoms with E-state index in [2.05, 4.69) is 10.3 Å². The largest absolute Gasteiger partial charge is 0.416 e. The van der Waals surface area contributed by atoms with Crippen LogP contribution in [0.15, 0.2) is 36.5 Å². The van der Waals surface area contributed by atoms with Gasteiger partial charge in [0.15, 0.2) is 0 Å². The number of aromatic nitrogens is 1. The third kappa shape index (κ3) is 8.64. The molecular weight excluding hydrogens is 471 g/mol. The Morgan fingerprint density at radius 3 is 2.31 bits per heavy atom. The first-order chi connectivity index (χ1) is 17.1. The zero-order valence-electron chi connectivity index (χ0n) is 21.9. The summed E-state index contributed by atoms with van der Waals surface area (Å²) in [5.41, 5.74) is 3.24. The molecule has 6 nitrogen and oxygen atoms in total. The number of hydrogen-bond donors (Lipinski definition) is 3. The molecule has 2 amide bonds. The van der Waals surface area contributed by atoms with E-state index in [0.717, 1.165) is 28.5 Å². The van der Waals surface area contributed by atoms with Gasteiger partial charge in [0.2, 0.25) is 0 Å². The molecule has 36 heavy (non-hydrogen) atoms. The van der Waals surface area contributed by atoms with Crippen molar-refractivity contribution >= 4 is 17.3 Å². The van der Waals surface area contributed by atoms with E-state index in [1.807, 2.05) is 46.8 Å². The number of aryl methyl sites for hydroxylation is 2. The summed E-state index contributed by atoms with van der Waals surface area (Å²) in [6.07, 6.45) is -0.750. The molecule has 1 aromatic heterocycles. The van der Waals surface area contributed by atoms with Gasteiger partial charge in [-0.2, -0.15) is 13.2 Å². The lowest BCUT2D eigenvalue weighted by Gasteiger charge is -2.27. The van der Waals surface area contributed by atoms with Crippen LogP contribution >= 0.6 is 0 Å². The number of carbonyl (C=O) groups excluding carboxylic acids is 1. The Labute approximate surface area is 211 Å². The van der Waals surface area contributed by atoms with E-state index in [9.17, 15) is 23.1 Å². The fourth-order valence-corrected chi connectivity index (χ4v) is 3.75. The van der Waals surface area contributed by atoms with Crippen LogP contribution in [0.1, 0.15) is 62.1 Å². The molecule has 0 saturated heterocycles. The van der Waals surface area contributed by atoms with Gasteiger partial charge in [0, 0.05) is 31.4 Å². The number of carbonyl (C=O) groups is 1. The molecular formula is C27H38F3N3O3. The second-order valence-corrected chi connectivity index (χ2v) is 7.93. The van der Waals surface area contributed by atoms with E-state index in [-0.39, 0.29) is 18.2 Å². The number of pyridine rings is 1. The number of nitrogens with one attached hydrogen (secondary N) is 1. The minimum absolute atomic E-state index is 0.0487. The first-order valence-electron chi connectivity index (χ1n) is 12.3. The van der Waals surface area contributed by atoms with E-state index in [4.69, 9.17) is 5.11 Å². The lowest BCUT2D eigenvalue weighted by atomic mass is 9.99. The van der Waals surface area contributed by atoms with Gasteiger partial charge in [-0.25, -0.2) is 4.79 Å².